The molecule has 3 rings (SSSR count). The lowest BCUT2D eigenvalue weighted by Crippen LogP contribution is -2.46. The molecule has 0 radical (unpaired) electrons. The fourth-order valence-electron chi connectivity index (χ4n) is 2.90. The first-order chi connectivity index (χ1) is 13.5. The van der Waals surface area contributed by atoms with Crippen molar-refractivity contribution in [3.63, 3.8) is 0 Å². The second kappa shape index (κ2) is 12.1. The van der Waals surface area contributed by atoms with Gasteiger partial charge in [-0.2, -0.15) is 0 Å². The number of benzene rings is 1. The summed E-state index contributed by atoms with van der Waals surface area (Å²) in [6.45, 7) is 12.8. The molecule has 2 aromatic rings. The summed E-state index contributed by atoms with van der Waals surface area (Å²) < 4.78 is 6.08. The highest BCUT2D eigenvalue weighted by Crippen LogP contribution is 2.27. The maximum absolute atomic E-state index is 11.3. The van der Waals surface area contributed by atoms with Crippen molar-refractivity contribution in [3.8, 4) is 5.69 Å². The van der Waals surface area contributed by atoms with E-state index in [0.29, 0.717) is 0 Å². The molecule has 0 amide bonds. The summed E-state index contributed by atoms with van der Waals surface area (Å²) in [7, 11) is 3.25. The maximum atomic E-state index is 11.3. The Morgan fingerprint density at radius 3 is 2.14 bits per heavy atom. The van der Waals surface area contributed by atoms with Crippen molar-refractivity contribution in [3.05, 3.63) is 46.5 Å². The van der Waals surface area contributed by atoms with Gasteiger partial charge in [0.1, 0.15) is 0 Å². The van der Waals surface area contributed by atoms with Crippen LogP contribution in [-0.4, -0.2) is 66.3 Å². The maximum Gasteiger partial charge on any atom is 0.273 e. The third-order valence-corrected chi connectivity index (χ3v) is 4.29. The summed E-state index contributed by atoms with van der Waals surface area (Å²) in [6.07, 6.45) is 3.56. The quantitative estimate of drug-likeness (QED) is 0.586. The van der Waals surface area contributed by atoms with E-state index in [4.69, 9.17) is 0 Å². The van der Waals surface area contributed by atoms with Gasteiger partial charge in [-0.3, -0.25) is 10.1 Å². The van der Waals surface area contributed by atoms with Gasteiger partial charge in [0, 0.05) is 64.4 Å². The van der Waals surface area contributed by atoms with Crippen molar-refractivity contribution in [2.45, 2.75) is 27.7 Å². The summed E-state index contributed by atoms with van der Waals surface area (Å²) in [5.74, 6) is 0. The van der Waals surface area contributed by atoms with Gasteiger partial charge in [-0.25, -0.2) is 4.98 Å². The third-order valence-electron chi connectivity index (χ3n) is 4.29. The summed E-state index contributed by atoms with van der Waals surface area (Å²) in [5.41, 5.74) is 2.67. The van der Waals surface area contributed by atoms with E-state index in [1.54, 1.807) is 32.7 Å². The molecular formula is C20H33N5O3. The van der Waals surface area contributed by atoms with Gasteiger partial charge in [-0.05, 0) is 19.5 Å². The molecule has 2 heterocycles. The molecule has 0 saturated carbocycles. The normalized spacial score (nSPS) is 13.9. The lowest BCUT2D eigenvalue weighted by atomic mass is 10.2. The second-order valence-electron chi connectivity index (χ2n) is 6.22. The van der Waals surface area contributed by atoms with Crippen LogP contribution in [0, 0.1) is 17.0 Å². The van der Waals surface area contributed by atoms with E-state index >= 15 is 0 Å². The first-order valence-electron chi connectivity index (χ1n) is 9.66. The number of imidazole rings is 1. The Labute approximate surface area is 167 Å². The molecule has 1 saturated heterocycles. The van der Waals surface area contributed by atoms with Crippen LogP contribution in [0.4, 0.5) is 11.4 Å². The van der Waals surface area contributed by atoms with Crippen LogP contribution in [0.25, 0.3) is 5.69 Å². The monoisotopic (exact) mass is 391 g/mol. The van der Waals surface area contributed by atoms with Crippen molar-refractivity contribution in [2.75, 3.05) is 51.8 Å². The van der Waals surface area contributed by atoms with Crippen molar-refractivity contribution in [1.82, 2.24) is 14.5 Å². The standard InChI is InChI=1S/C16H21N5O2.C2H6O.C2H6/c1-3-18-4-6-19(7-5-18)14-8-15(10-16(9-14)21(22)23)20-11-13(2)17-12-20;1-3-2;1-2/h8-12H,3-7H2,1-2H3;1-2H3;1-2H3. The highest BCUT2D eigenvalue weighted by Gasteiger charge is 2.19. The molecule has 0 atom stereocenters. The third kappa shape index (κ3) is 6.61. The number of nitro benzene ring substituents is 1. The van der Waals surface area contributed by atoms with Gasteiger partial charge in [0.25, 0.3) is 5.69 Å². The lowest BCUT2D eigenvalue weighted by Gasteiger charge is -2.35. The van der Waals surface area contributed by atoms with Crippen LogP contribution in [0.1, 0.15) is 26.5 Å². The molecule has 8 heteroatoms. The molecule has 1 aromatic carbocycles. The highest BCUT2D eigenvalue weighted by molar-refractivity contribution is 5.60. The Balaban J connectivity index is 0.000000717. The first kappa shape index (κ1) is 23.6. The van der Waals surface area contributed by atoms with Gasteiger partial charge >= 0.3 is 0 Å². The zero-order valence-electron chi connectivity index (χ0n) is 17.9. The molecule has 0 bridgehead atoms. The number of nitrogens with zero attached hydrogens (tertiary/aromatic N) is 5. The van der Waals surface area contributed by atoms with Crippen molar-refractivity contribution in [2.24, 2.45) is 0 Å². The van der Waals surface area contributed by atoms with Gasteiger partial charge in [-0.1, -0.05) is 20.8 Å². The van der Waals surface area contributed by atoms with Crippen LogP contribution in [0.5, 0.6) is 0 Å². The predicted molar refractivity (Wildman–Crippen MR) is 114 cm³/mol. The Morgan fingerprint density at radius 1 is 1.11 bits per heavy atom. The Morgan fingerprint density at radius 2 is 1.68 bits per heavy atom. The molecule has 1 aliphatic heterocycles. The number of piperazine rings is 1. The van der Waals surface area contributed by atoms with Crippen LogP contribution in [0.2, 0.25) is 0 Å². The van der Waals surface area contributed by atoms with Gasteiger partial charge in [0.15, 0.2) is 0 Å². The molecule has 1 aliphatic rings. The number of nitro groups is 1. The van der Waals surface area contributed by atoms with Crippen LogP contribution in [-0.2, 0) is 4.74 Å². The van der Waals surface area contributed by atoms with E-state index in [2.05, 4.69) is 26.4 Å². The molecule has 1 fully saturated rings. The fourth-order valence-corrected chi connectivity index (χ4v) is 2.90. The van der Waals surface area contributed by atoms with E-state index < -0.39 is 0 Å². The van der Waals surface area contributed by atoms with E-state index in [9.17, 15) is 10.1 Å². The van der Waals surface area contributed by atoms with Crippen LogP contribution < -0.4 is 4.90 Å². The summed E-state index contributed by atoms with van der Waals surface area (Å²) in [4.78, 5) is 19.7. The van der Waals surface area contributed by atoms with Crippen LogP contribution >= 0.6 is 0 Å². The van der Waals surface area contributed by atoms with E-state index in [1.165, 1.54) is 0 Å². The number of non-ortho nitro benzene ring substituents is 1. The number of hydrogen-bond acceptors (Lipinski definition) is 6. The Bertz CT molecular complexity index is 724. The second-order valence-corrected chi connectivity index (χ2v) is 6.22. The highest BCUT2D eigenvalue weighted by atomic mass is 16.6. The van der Waals surface area contributed by atoms with E-state index in [1.807, 2.05) is 37.6 Å². The SMILES string of the molecule is CC.CCN1CCN(c2cc(-n3cnc(C)c3)cc([N+](=O)[O-])c2)CC1.COC. The van der Waals surface area contributed by atoms with E-state index in [-0.39, 0.29) is 10.6 Å². The number of methoxy groups -OCH3 is 1. The van der Waals surface area contributed by atoms with Crippen molar-refractivity contribution in [1.29, 1.82) is 0 Å². The van der Waals surface area contributed by atoms with Gasteiger partial charge in [-0.15, -0.1) is 0 Å². The van der Waals surface area contributed by atoms with Gasteiger partial charge in [0.05, 0.1) is 22.6 Å². The number of likely N-dealkylation sites (N-methyl/N-ethyl adjacent to an activating group) is 1. The summed E-state index contributed by atoms with van der Waals surface area (Å²) in [6, 6.07) is 5.25. The number of hydrogen-bond donors (Lipinski definition) is 0. The minimum Gasteiger partial charge on any atom is -0.388 e. The topological polar surface area (TPSA) is 76.7 Å². The Hall–Kier alpha value is -2.45. The molecule has 8 nitrogen and oxygen atoms in total. The molecule has 156 valence electrons. The number of anilines is 1. The minimum absolute atomic E-state index is 0.113. The number of aromatic nitrogens is 2. The molecule has 0 aliphatic carbocycles. The smallest absolute Gasteiger partial charge is 0.273 e. The summed E-state index contributed by atoms with van der Waals surface area (Å²) >= 11 is 0. The zero-order valence-corrected chi connectivity index (χ0v) is 17.9. The van der Waals surface area contributed by atoms with Gasteiger partial charge in [0.2, 0.25) is 0 Å². The van der Waals surface area contributed by atoms with Crippen molar-refractivity contribution >= 4 is 11.4 Å². The van der Waals surface area contributed by atoms with Crippen molar-refractivity contribution < 1.29 is 9.66 Å². The largest absolute Gasteiger partial charge is 0.388 e. The average Bonchev–Trinajstić information content (AvgIpc) is 3.16. The van der Waals surface area contributed by atoms with Crippen LogP contribution in [0.3, 0.4) is 0 Å². The molecule has 0 unspecified atom stereocenters. The minimum atomic E-state index is -0.334. The Kier molecular flexibility index (Phi) is 10.2. The molecule has 0 N–H and O–H groups in total. The number of rotatable bonds is 4. The lowest BCUT2D eigenvalue weighted by molar-refractivity contribution is -0.384. The molecule has 28 heavy (non-hydrogen) atoms. The van der Waals surface area contributed by atoms with Gasteiger partial charge < -0.3 is 19.1 Å². The van der Waals surface area contributed by atoms with Crippen LogP contribution in [0.15, 0.2) is 30.7 Å². The number of ether oxygens (including phenoxy) is 1. The average molecular weight is 392 g/mol. The first-order valence-corrected chi connectivity index (χ1v) is 9.66. The molecule has 1 aromatic heterocycles. The molecule has 0 spiro atoms. The predicted octanol–water partition coefficient (Wildman–Crippen LogP) is 3.52. The zero-order chi connectivity index (χ0) is 21.1. The van der Waals surface area contributed by atoms with E-state index in [0.717, 1.165) is 49.8 Å². The fraction of sp³-hybridized carbons (Fsp3) is 0.550. The number of aryl methyl sites for hydroxylation is 1. The molecular weight excluding hydrogens is 358 g/mol. The summed E-state index contributed by atoms with van der Waals surface area (Å²) in [5, 5.41) is 11.3.